The van der Waals surface area contributed by atoms with E-state index in [-0.39, 0.29) is 29.8 Å². The van der Waals surface area contributed by atoms with Crippen molar-refractivity contribution in [2.24, 2.45) is 5.92 Å². The Hall–Kier alpha value is -2.85. The van der Waals surface area contributed by atoms with Crippen LogP contribution < -0.4 is 4.74 Å². The van der Waals surface area contributed by atoms with Crippen LogP contribution in [0.25, 0.3) is 0 Å². The zero-order chi connectivity index (χ0) is 26.4. The minimum Gasteiger partial charge on any atom is -0.481 e. The smallest absolute Gasteiger partial charge is 0.344 e. The molecule has 3 aliphatic heterocycles. The molecular formula is C29H29O7S2+. The van der Waals surface area contributed by atoms with Crippen molar-refractivity contribution >= 4 is 27.0 Å². The summed E-state index contributed by atoms with van der Waals surface area (Å²) in [5.41, 5.74) is 1.84. The highest BCUT2D eigenvalue weighted by atomic mass is 32.2. The van der Waals surface area contributed by atoms with Gasteiger partial charge in [0.1, 0.15) is 11.9 Å². The normalized spacial score (nSPS) is 26.9. The van der Waals surface area contributed by atoms with E-state index >= 15 is 0 Å². The second-order valence-electron chi connectivity index (χ2n) is 9.93. The zero-order valence-corrected chi connectivity index (χ0v) is 22.7. The Morgan fingerprint density at radius 2 is 1.55 bits per heavy atom. The Morgan fingerprint density at radius 1 is 0.947 bits per heavy atom. The lowest BCUT2D eigenvalue weighted by Crippen LogP contribution is -2.58. The third kappa shape index (κ3) is 4.62. The molecule has 0 aromatic heterocycles. The van der Waals surface area contributed by atoms with Crippen molar-refractivity contribution in [3.8, 4) is 5.75 Å². The summed E-state index contributed by atoms with van der Waals surface area (Å²) >= 11 is 0. The lowest BCUT2D eigenvalue weighted by atomic mass is 9.80. The van der Waals surface area contributed by atoms with Crippen LogP contribution in [0.2, 0.25) is 0 Å². The molecule has 3 saturated heterocycles. The van der Waals surface area contributed by atoms with Gasteiger partial charge in [-0.15, -0.1) is 0 Å². The standard InChI is InChI=1S/C29H29O7S2/c1-18-13-22(37(20-9-5-3-6-10-20)21-11-7-4-8-12-21)14-19(2)27(18)34-17-26(30)35-29-24-15-25-23(16-33-24)28(29)36-38(25,31)32/h3-14,23-25,28-29H,15-17H2,1-2H3/q+1. The third-order valence-corrected chi connectivity index (χ3v) is 11.4. The van der Waals surface area contributed by atoms with Gasteiger partial charge in [-0.05, 0) is 55.7 Å². The minimum atomic E-state index is -3.64. The van der Waals surface area contributed by atoms with E-state index in [9.17, 15) is 13.2 Å². The largest absolute Gasteiger partial charge is 0.481 e. The van der Waals surface area contributed by atoms with Crippen LogP contribution in [0, 0.1) is 19.8 Å². The first-order chi connectivity index (χ1) is 18.3. The maximum atomic E-state index is 12.8. The summed E-state index contributed by atoms with van der Waals surface area (Å²) in [5, 5.41) is -0.572. The zero-order valence-electron chi connectivity index (χ0n) is 21.1. The molecule has 4 fully saturated rings. The van der Waals surface area contributed by atoms with Crippen LogP contribution in [0.4, 0.5) is 0 Å². The Morgan fingerprint density at radius 3 is 2.16 bits per heavy atom. The summed E-state index contributed by atoms with van der Waals surface area (Å²) in [7, 11) is -3.94. The van der Waals surface area contributed by atoms with Crippen LogP contribution in [0.15, 0.2) is 87.5 Å². The molecule has 1 aliphatic carbocycles. The molecule has 4 bridgehead atoms. The number of benzene rings is 3. The molecule has 1 saturated carbocycles. The fourth-order valence-corrected chi connectivity index (χ4v) is 9.78. The summed E-state index contributed by atoms with van der Waals surface area (Å²) in [6.07, 6.45) is -1.63. The lowest BCUT2D eigenvalue weighted by molar-refractivity contribution is -0.200. The highest BCUT2D eigenvalue weighted by Crippen LogP contribution is 2.46. The molecule has 198 valence electrons. The molecule has 5 atom stereocenters. The summed E-state index contributed by atoms with van der Waals surface area (Å²) in [5.74, 6) is -0.243. The van der Waals surface area contributed by atoms with Crippen molar-refractivity contribution in [2.75, 3.05) is 13.2 Å². The SMILES string of the molecule is Cc1cc([S+](c2ccccc2)c2ccccc2)cc(C)c1OCC(=O)OC1C2CC3C(CO2)C1OS3(=O)=O. The van der Waals surface area contributed by atoms with Gasteiger partial charge in [-0.2, -0.15) is 8.42 Å². The van der Waals surface area contributed by atoms with E-state index < -0.39 is 39.6 Å². The van der Waals surface area contributed by atoms with Gasteiger partial charge in [0, 0.05) is 18.1 Å². The second-order valence-corrected chi connectivity index (χ2v) is 13.7. The van der Waals surface area contributed by atoms with Crippen LogP contribution in [0.3, 0.4) is 0 Å². The molecule has 0 N–H and O–H groups in total. The van der Waals surface area contributed by atoms with E-state index in [0.717, 1.165) is 16.0 Å². The van der Waals surface area contributed by atoms with Crippen LogP contribution in [0.1, 0.15) is 17.5 Å². The summed E-state index contributed by atoms with van der Waals surface area (Å²) < 4.78 is 47.1. The molecule has 3 aromatic rings. The van der Waals surface area contributed by atoms with Gasteiger partial charge in [-0.3, -0.25) is 4.18 Å². The minimum absolute atomic E-state index is 0.284. The summed E-state index contributed by atoms with van der Waals surface area (Å²) in [6, 6.07) is 25.0. The van der Waals surface area contributed by atoms with E-state index in [1.165, 1.54) is 9.79 Å². The quantitative estimate of drug-likeness (QED) is 0.246. The number of rotatable bonds is 7. The number of hydrogen-bond acceptors (Lipinski definition) is 7. The average molecular weight is 554 g/mol. The van der Waals surface area contributed by atoms with Crippen molar-refractivity contribution in [1.82, 2.24) is 0 Å². The van der Waals surface area contributed by atoms with Gasteiger partial charge < -0.3 is 14.2 Å². The van der Waals surface area contributed by atoms with E-state index in [0.29, 0.717) is 12.4 Å². The Balaban J connectivity index is 1.18. The fraction of sp³-hybridized carbons (Fsp3) is 0.345. The van der Waals surface area contributed by atoms with E-state index in [2.05, 4.69) is 60.7 Å². The number of hydrogen-bond donors (Lipinski definition) is 0. The second kappa shape index (κ2) is 10.0. The molecule has 0 amide bonds. The molecule has 7 nitrogen and oxygen atoms in total. The third-order valence-electron chi connectivity index (χ3n) is 7.40. The van der Waals surface area contributed by atoms with Crippen molar-refractivity contribution in [1.29, 1.82) is 0 Å². The first-order valence-corrected chi connectivity index (χ1v) is 15.3. The van der Waals surface area contributed by atoms with Crippen LogP contribution in [0.5, 0.6) is 5.75 Å². The van der Waals surface area contributed by atoms with E-state index in [1.54, 1.807) is 0 Å². The van der Waals surface area contributed by atoms with E-state index in [1.807, 2.05) is 26.0 Å². The lowest BCUT2D eigenvalue weighted by Gasteiger charge is -2.43. The van der Waals surface area contributed by atoms with Gasteiger partial charge in [0.25, 0.3) is 10.1 Å². The topological polar surface area (TPSA) is 88.1 Å². The predicted octanol–water partition coefficient (Wildman–Crippen LogP) is 4.21. The number of ether oxygens (including phenoxy) is 3. The first kappa shape index (κ1) is 25.4. The Kier molecular flexibility index (Phi) is 6.72. The fourth-order valence-electron chi connectivity index (χ4n) is 5.73. The molecule has 38 heavy (non-hydrogen) atoms. The van der Waals surface area contributed by atoms with Crippen molar-refractivity contribution in [2.45, 2.75) is 58.5 Å². The summed E-state index contributed by atoms with van der Waals surface area (Å²) in [6.45, 7) is 3.96. The summed E-state index contributed by atoms with van der Waals surface area (Å²) in [4.78, 5) is 16.4. The van der Waals surface area contributed by atoms with Crippen LogP contribution in [-0.4, -0.2) is 51.2 Å². The van der Waals surface area contributed by atoms with Gasteiger partial charge >= 0.3 is 5.97 Å². The molecule has 0 spiro atoms. The van der Waals surface area contributed by atoms with Gasteiger partial charge in [0.05, 0.1) is 28.9 Å². The molecule has 7 rings (SSSR count). The number of carbonyl (C=O) groups excluding carboxylic acids is 1. The predicted molar refractivity (Wildman–Crippen MR) is 142 cm³/mol. The molecule has 4 aliphatic rings. The monoisotopic (exact) mass is 553 g/mol. The molecule has 3 aromatic carbocycles. The van der Waals surface area contributed by atoms with Crippen molar-refractivity contribution in [3.05, 3.63) is 83.9 Å². The number of aryl methyl sites for hydroxylation is 2. The van der Waals surface area contributed by atoms with Crippen LogP contribution in [-0.2, 0) is 39.5 Å². The van der Waals surface area contributed by atoms with Gasteiger partial charge in [-0.1, -0.05) is 36.4 Å². The van der Waals surface area contributed by atoms with Gasteiger partial charge in [0.2, 0.25) is 0 Å². The highest BCUT2D eigenvalue weighted by molar-refractivity contribution is 7.97. The Bertz CT molecular complexity index is 1380. The molecule has 9 heteroatoms. The molecule has 5 unspecified atom stereocenters. The van der Waals surface area contributed by atoms with E-state index in [4.69, 9.17) is 18.4 Å². The maximum Gasteiger partial charge on any atom is 0.344 e. The average Bonchev–Trinajstić information content (AvgIpc) is 3.13. The number of esters is 1. The molecular weight excluding hydrogens is 524 g/mol. The Labute approximate surface area is 225 Å². The number of fused-ring (bicyclic) bond motifs is 1. The first-order valence-electron chi connectivity index (χ1n) is 12.6. The highest BCUT2D eigenvalue weighted by Gasteiger charge is 2.63. The van der Waals surface area contributed by atoms with Crippen molar-refractivity contribution < 1.29 is 31.6 Å². The van der Waals surface area contributed by atoms with Crippen molar-refractivity contribution in [3.63, 3.8) is 0 Å². The maximum absolute atomic E-state index is 12.8. The molecule has 3 heterocycles. The number of carbonyl (C=O) groups is 1. The van der Waals surface area contributed by atoms with Gasteiger partial charge in [-0.25, -0.2) is 4.79 Å². The molecule has 0 radical (unpaired) electrons. The van der Waals surface area contributed by atoms with Crippen LogP contribution >= 0.6 is 0 Å². The van der Waals surface area contributed by atoms with Gasteiger partial charge in [0.15, 0.2) is 27.4 Å².